The zero-order chi connectivity index (χ0) is 10.4. The van der Waals surface area contributed by atoms with Gasteiger partial charge in [-0.25, -0.2) is 9.97 Å². The van der Waals surface area contributed by atoms with E-state index in [9.17, 15) is 4.79 Å². The van der Waals surface area contributed by atoms with Gasteiger partial charge in [0.2, 0.25) is 0 Å². The topological polar surface area (TPSA) is 78.1 Å². The molecule has 14 heavy (non-hydrogen) atoms. The maximum absolute atomic E-state index is 11.2. The number of nitrogens with zero attached hydrogens (tertiary/aromatic N) is 2. The largest absolute Gasteiger partial charge is 0.465 e. The van der Waals surface area contributed by atoms with Gasteiger partial charge in [-0.2, -0.15) is 0 Å². The fraction of sp³-hybridized carbons (Fsp3) is 0.444. The first-order valence-corrected chi connectivity index (χ1v) is 4.41. The van der Waals surface area contributed by atoms with Gasteiger partial charge in [0.1, 0.15) is 12.4 Å². The summed E-state index contributed by atoms with van der Waals surface area (Å²) in [5, 5.41) is 0. The number of hydrogen-bond acceptors (Lipinski definition) is 5. The lowest BCUT2D eigenvalue weighted by Crippen LogP contribution is -2.34. The zero-order valence-corrected chi connectivity index (χ0v) is 8.01. The summed E-state index contributed by atoms with van der Waals surface area (Å²) in [4.78, 5) is 18.9. The van der Waals surface area contributed by atoms with Gasteiger partial charge in [-0.15, -0.1) is 0 Å². The number of hydrogen-bond donors (Lipinski definition) is 1. The minimum Gasteiger partial charge on any atom is -0.465 e. The molecule has 2 N–H and O–H groups in total. The van der Waals surface area contributed by atoms with Crippen molar-refractivity contribution in [2.24, 2.45) is 5.73 Å². The first kappa shape index (κ1) is 10.6. The maximum atomic E-state index is 11.2. The molecule has 0 aliphatic carbocycles. The van der Waals surface area contributed by atoms with Crippen molar-refractivity contribution in [2.75, 3.05) is 6.61 Å². The minimum atomic E-state index is -0.648. The molecule has 1 atom stereocenters. The lowest BCUT2D eigenvalue weighted by Gasteiger charge is -2.09. The molecule has 0 aliphatic rings. The molecule has 1 aromatic rings. The monoisotopic (exact) mass is 195 g/mol. The van der Waals surface area contributed by atoms with Gasteiger partial charge in [0.05, 0.1) is 6.61 Å². The molecule has 1 heterocycles. The number of carbonyl (C=O) groups excluding carboxylic acids is 1. The Morgan fingerprint density at radius 2 is 2.50 bits per heavy atom. The predicted molar refractivity (Wildman–Crippen MR) is 50.3 cm³/mol. The smallest absolute Gasteiger partial charge is 0.323 e. The number of ether oxygens (including phenoxy) is 1. The van der Waals surface area contributed by atoms with Crippen LogP contribution in [0.1, 0.15) is 12.6 Å². The summed E-state index contributed by atoms with van der Waals surface area (Å²) in [5.41, 5.74) is 6.34. The van der Waals surface area contributed by atoms with Gasteiger partial charge in [0, 0.05) is 18.3 Å². The van der Waals surface area contributed by atoms with E-state index in [4.69, 9.17) is 10.5 Å². The molecule has 76 valence electrons. The molecule has 0 fully saturated rings. The van der Waals surface area contributed by atoms with Crippen LogP contribution in [0.4, 0.5) is 0 Å². The number of rotatable bonds is 4. The van der Waals surface area contributed by atoms with Crippen molar-refractivity contribution < 1.29 is 9.53 Å². The van der Waals surface area contributed by atoms with E-state index in [1.165, 1.54) is 6.33 Å². The van der Waals surface area contributed by atoms with E-state index in [1.807, 2.05) is 0 Å². The third-order valence-electron chi connectivity index (χ3n) is 1.66. The lowest BCUT2D eigenvalue weighted by molar-refractivity contribution is -0.144. The van der Waals surface area contributed by atoms with E-state index in [0.29, 0.717) is 13.0 Å². The normalized spacial score (nSPS) is 12.1. The molecule has 0 unspecified atom stereocenters. The summed E-state index contributed by atoms with van der Waals surface area (Å²) in [6.45, 7) is 2.09. The van der Waals surface area contributed by atoms with Crippen molar-refractivity contribution in [3.63, 3.8) is 0 Å². The highest BCUT2D eigenvalue weighted by Gasteiger charge is 2.15. The van der Waals surface area contributed by atoms with Gasteiger partial charge in [-0.1, -0.05) is 0 Å². The van der Waals surface area contributed by atoms with E-state index in [1.54, 1.807) is 19.2 Å². The van der Waals surface area contributed by atoms with Crippen LogP contribution >= 0.6 is 0 Å². The molecular formula is C9H13N3O2. The molecule has 0 spiro atoms. The number of nitrogens with two attached hydrogens (primary N) is 1. The fourth-order valence-corrected chi connectivity index (χ4v) is 0.997. The van der Waals surface area contributed by atoms with Crippen molar-refractivity contribution in [3.05, 3.63) is 24.3 Å². The van der Waals surface area contributed by atoms with Gasteiger partial charge >= 0.3 is 5.97 Å². The number of esters is 1. The van der Waals surface area contributed by atoms with Crippen molar-refractivity contribution in [2.45, 2.75) is 19.4 Å². The minimum absolute atomic E-state index is 0.344. The molecule has 5 heteroatoms. The summed E-state index contributed by atoms with van der Waals surface area (Å²) in [7, 11) is 0. The number of aromatic nitrogens is 2. The molecule has 0 saturated heterocycles. The third kappa shape index (κ3) is 3.10. The van der Waals surface area contributed by atoms with Crippen molar-refractivity contribution in [1.29, 1.82) is 0 Å². The molecule has 0 bridgehead atoms. The van der Waals surface area contributed by atoms with Gasteiger partial charge in [0.25, 0.3) is 0 Å². The molecule has 0 radical (unpaired) electrons. The van der Waals surface area contributed by atoms with Gasteiger partial charge in [0.15, 0.2) is 0 Å². The van der Waals surface area contributed by atoms with E-state index < -0.39 is 12.0 Å². The molecule has 0 aliphatic heterocycles. The Kier molecular flexibility index (Phi) is 4.00. The Balaban J connectivity index is 2.49. The van der Waals surface area contributed by atoms with Gasteiger partial charge in [-0.3, -0.25) is 4.79 Å². The Labute approximate surface area is 82.3 Å². The van der Waals surface area contributed by atoms with E-state index in [0.717, 1.165) is 5.69 Å². The van der Waals surface area contributed by atoms with Crippen LogP contribution in [0, 0.1) is 0 Å². The second-order valence-corrected chi connectivity index (χ2v) is 2.76. The summed E-state index contributed by atoms with van der Waals surface area (Å²) in [6, 6.07) is 1.07. The quantitative estimate of drug-likeness (QED) is 0.679. The lowest BCUT2D eigenvalue weighted by atomic mass is 10.1. The van der Waals surface area contributed by atoms with E-state index >= 15 is 0 Å². The highest BCUT2D eigenvalue weighted by atomic mass is 16.5. The number of carbonyl (C=O) groups is 1. The van der Waals surface area contributed by atoms with Crippen molar-refractivity contribution in [3.8, 4) is 0 Å². The summed E-state index contributed by atoms with van der Waals surface area (Å²) in [5.74, 6) is -0.397. The second-order valence-electron chi connectivity index (χ2n) is 2.76. The molecular weight excluding hydrogens is 182 g/mol. The molecule has 5 nitrogen and oxygen atoms in total. The summed E-state index contributed by atoms with van der Waals surface area (Å²) in [6.07, 6.45) is 3.41. The molecule has 0 saturated carbocycles. The molecule has 0 amide bonds. The van der Waals surface area contributed by atoms with Gasteiger partial charge in [-0.05, 0) is 13.0 Å². The zero-order valence-electron chi connectivity index (χ0n) is 8.01. The highest BCUT2D eigenvalue weighted by Crippen LogP contribution is 1.97. The summed E-state index contributed by atoms with van der Waals surface area (Å²) >= 11 is 0. The van der Waals surface area contributed by atoms with Crippen LogP contribution in [0.2, 0.25) is 0 Å². The fourth-order valence-electron chi connectivity index (χ4n) is 0.997. The molecule has 1 aromatic heterocycles. The summed E-state index contributed by atoms with van der Waals surface area (Å²) < 4.78 is 4.77. The maximum Gasteiger partial charge on any atom is 0.323 e. The Bertz CT molecular complexity index is 289. The van der Waals surface area contributed by atoms with Crippen LogP contribution in [-0.2, 0) is 16.0 Å². The Hall–Kier alpha value is -1.49. The van der Waals surface area contributed by atoms with Crippen molar-refractivity contribution in [1.82, 2.24) is 9.97 Å². The van der Waals surface area contributed by atoms with Gasteiger partial charge < -0.3 is 10.5 Å². The van der Waals surface area contributed by atoms with Crippen LogP contribution in [0.25, 0.3) is 0 Å². The van der Waals surface area contributed by atoms with E-state index in [-0.39, 0.29) is 0 Å². The molecule has 0 aromatic carbocycles. The predicted octanol–water partition coefficient (Wildman–Crippen LogP) is -0.0905. The molecule has 1 rings (SSSR count). The highest BCUT2D eigenvalue weighted by molar-refractivity contribution is 5.75. The van der Waals surface area contributed by atoms with E-state index in [2.05, 4.69) is 9.97 Å². The van der Waals surface area contributed by atoms with Crippen molar-refractivity contribution >= 4 is 5.97 Å². The standard InChI is InChI=1S/C9H13N3O2/c1-2-14-9(13)8(10)5-7-3-4-11-6-12-7/h3-4,6,8H,2,5,10H2,1H3/t8-/m1/s1. The average Bonchev–Trinajstić information content (AvgIpc) is 2.19. The first-order chi connectivity index (χ1) is 6.74. The van der Waals surface area contributed by atoms with Crippen LogP contribution in [0.3, 0.4) is 0 Å². The SMILES string of the molecule is CCOC(=O)[C@H](N)Cc1ccncn1. The van der Waals surface area contributed by atoms with Crippen LogP contribution in [-0.4, -0.2) is 28.6 Å². The average molecular weight is 195 g/mol. The Morgan fingerprint density at radius 3 is 3.07 bits per heavy atom. The first-order valence-electron chi connectivity index (χ1n) is 4.41. The second kappa shape index (κ2) is 5.29. The van der Waals surface area contributed by atoms with Crippen LogP contribution in [0.15, 0.2) is 18.6 Å². The van der Waals surface area contributed by atoms with Crippen LogP contribution in [0.5, 0.6) is 0 Å². The Morgan fingerprint density at radius 1 is 1.71 bits per heavy atom. The van der Waals surface area contributed by atoms with Crippen LogP contribution < -0.4 is 5.73 Å². The third-order valence-corrected chi connectivity index (χ3v) is 1.66.